The zero-order chi connectivity index (χ0) is 25.6. The van der Waals surface area contributed by atoms with E-state index in [1.807, 2.05) is 0 Å². The van der Waals surface area contributed by atoms with Gasteiger partial charge in [-0.25, -0.2) is 4.99 Å². The summed E-state index contributed by atoms with van der Waals surface area (Å²) in [5.74, 6) is -1.99. The quantitative estimate of drug-likeness (QED) is 0.259. The van der Waals surface area contributed by atoms with Gasteiger partial charge in [-0.3, -0.25) is 14.4 Å². The SMILES string of the molecule is CC(=O)OCC(CCN1C=NC2=C(O)N=C(N)N(C)C21)(COC(C)=O)COC(=O)C(N)C(C)C. The van der Waals surface area contributed by atoms with Crippen LogP contribution in [0.25, 0.3) is 0 Å². The highest BCUT2D eigenvalue weighted by Crippen LogP contribution is 2.30. The number of fused-ring (bicyclic) bond motifs is 1. The molecule has 0 bridgehead atoms. The number of guanidine groups is 1. The van der Waals surface area contributed by atoms with Crippen molar-refractivity contribution in [1.29, 1.82) is 0 Å². The summed E-state index contributed by atoms with van der Waals surface area (Å²) in [4.78, 5) is 47.1. The number of nitrogens with zero attached hydrogens (tertiary/aromatic N) is 4. The molecule has 0 amide bonds. The molecule has 0 saturated heterocycles. The first-order chi connectivity index (χ1) is 15.9. The van der Waals surface area contributed by atoms with Crippen LogP contribution in [0.1, 0.15) is 34.1 Å². The normalized spacial score (nSPS) is 18.6. The maximum absolute atomic E-state index is 12.4. The van der Waals surface area contributed by atoms with Gasteiger partial charge in [-0.15, -0.1) is 0 Å². The molecule has 0 spiro atoms. The van der Waals surface area contributed by atoms with Crippen molar-refractivity contribution < 1.29 is 33.7 Å². The van der Waals surface area contributed by atoms with Gasteiger partial charge in [-0.05, 0) is 12.3 Å². The Morgan fingerprint density at radius 2 is 1.71 bits per heavy atom. The van der Waals surface area contributed by atoms with Gasteiger partial charge in [-0.2, -0.15) is 4.99 Å². The van der Waals surface area contributed by atoms with E-state index in [9.17, 15) is 19.5 Å². The molecule has 13 heteroatoms. The Morgan fingerprint density at radius 3 is 2.24 bits per heavy atom. The van der Waals surface area contributed by atoms with Gasteiger partial charge >= 0.3 is 17.9 Å². The average molecular weight is 483 g/mol. The number of rotatable bonds is 11. The molecule has 2 atom stereocenters. The molecule has 2 unspecified atom stereocenters. The van der Waals surface area contributed by atoms with Crippen LogP contribution < -0.4 is 11.5 Å². The number of aliphatic hydroxyl groups is 1. The van der Waals surface area contributed by atoms with Gasteiger partial charge in [0.1, 0.15) is 31.6 Å². The molecule has 0 saturated carbocycles. The molecule has 13 nitrogen and oxygen atoms in total. The summed E-state index contributed by atoms with van der Waals surface area (Å²) in [5, 5.41) is 10.1. The molecule has 5 N–H and O–H groups in total. The van der Waals surface area contributed by atoms with Crippen LogP contribution in [0, 0.1) is 11.3 Å². The molecule has 2 heterocycles. The summed E-state index contributed by atoms with van der Waals surface area (Å²) in [6, 6.07) is -0.834. The van der Waals surface area contributed by atoms with Crippen molar-refractivity contribution in [3.05, 3.63) is 11.6 Å². The van der Waals surface area contributed by atoms with E-state index in [0.29, 0.717) is 12.2 Å². The molecule has 0 radical (unpaired) electrons. The first-order valence-electron chi connectivity index (χ1n) is 10.9. The fraction of sp³-hybridized carbons (Fsp3) is 0.667. The molecule has 34 heavy (non-hydrogen) atoms. The standard InChI is InChI=1S/C21H34N6O7/c1-12(2)15(22)19(31)34-10-21(8-32-13(3)28,9-33-14(4)29)6-7-27-11-24-16-17(30)25-20(23)26(5)18(16)27/h11-12,15,18,30H,6-10,22H2,1-5H3,(H2,23,25). The van der Waals surface area contributed by atoms with Crippen LogP contribution in [0.2, 0.25) is 0 Å². The smallest absolute Gasteiger partial charge is 0.323 e. The molecule has 0 aliphatic carbocycles. The van der Waals surface area contributed by atoms with Crippen molar-refractivity contribution in [1.82, 2.24) is 9.80 Å². The van der Waals surface area contributed by atoms with Crippen LogP contribution >= 0.6 is 0 Å². The third-order valence-electron chi connectivity index (χ3n) is 5.66. The molecule has 2 aliphatic rings. The molecule has 2 aliphatic heterocycles. The number of nitrogens with two attached hydrogens (primary N) is 2. The third kappa shape index (κ3) is 6.59. The predicted molar refractivity (Wildman–Crippen MR) is 122 cm³/mol. The Balaban J connectivity index is 2.24. The van der Waals surface area contributed by atoms with Crippen molar-refractivity contribution in [3.63, 3.8) is 0 Å². The number of hydrogen-bond donors (Lipinski definition) is 3. The topological polar surface area (TPSA) is 182 Å². The van der Waals surface area contributed by atoms with Gasteiger partial charge in [-0.1, -0.05) is 13.8 Å². The lowest BCUT2D eigenvalue weighted by Gasteiger charge is -2.38. The lowest BCUT2D eigenvalue weighted by molar-refractivity contribution is -0.162. The molecule has 190 valence electrons. The largest absolute Gasteiger partial charge is 0.492 e. The van der Waals surface area contributed by atoms with Gasteiger partial charge in [0.15, 0.2) is 6.17 Å². The minimum absolute atomic E-state index is 0.115. The summed E-state index contributed by atoms with van der Waals surface area (Å²) in [7, 11) is 1.71. The van der Waals surface area contributed by atoms with E-state index in [1.165, 1.54) is 20.2 Å². The Bertz CT molecular complexity index is 867. The maximum atomic E-state index is 12.4. The monoisotopic (exact) mass is 482 g/mol. The Morgan fingerprint density at radius 1 is 1.15 bits per heavy atom. The second-order valence-electron chi connectivity index (χ2n) is 8.83. The van der Waals surface area contributed by atoms with Crippen molar-refractivity contribution in [3.8, 4) is 0 Å². The molecule has 0 aromatic rings. The number of likely N-dealkylation sites (N-methyl/N-ethyl adjacent to an activating group) is 1. The van der Waals surface area contributed by atoms with Crippen LogP contribution in [0.15, 0.2) is 21.6 Å². The van der Waals surface area contributed by atoms with Crippen molar-refractivity contribution in [2.75, 3.05) is 33.4 Å². The van der Waals surface area contributed by atoms with Gasteiger partial charge in [0.2, 0.25) is 11.8 Å². The lowest BCUT2D eigenvalue weighted by atomic mass is 9.86. The molecule has 0 aromatic heterocycles. The average Bonchev–Trinajstić information content (AvgIpc) is 3.20. The molecule has 0 aromatic carbocycles. The van der Waals surface area contributed by atoms with Crippen LogP contribution in [0.5, 0.6) is 0 Å². The number of ether oxygens (including phenoxy) is 3. The number of carbonyl (C=O) groups excluding carboxylic acids is 3. The van der Waals surface area contributed by atoms with Crippen molar-refractivity contribution in [2.24, 2.45) is 32.8 Å². The number of hydrogen-bond acceptors (Lipinski definition) is 13. The van der Waals surface area contributed by atoms with Crippen molar-refractivity contribution >= 4 is 30.2 Å². The Labute approximate surface area is 198 Å². The highest BCUT2D eigenvalue weighted by atomic mass is 16.6. The third-order valence-corrected chi connectivity index (χ3v) is 5.66. The van der Waals surface area contributed by atoms with Crippen LogP contribution in [-0.2, 0) is 28.6 Å². The zero-order valence-corrected chi connectivity index (χ0v) is 20.2. The van der Waals surface area contributed by atoms with E-state index in [4.69, 9.17) is 25.7 Å². The first-order valence-corrected chi connectivity index (χ1v) is 10.9. The lowest BCUT2D eigenvalue weighted by Crippen LogP contribution is -2.52. The molecular weight excluding hydrogens is 448 g/mol. The van der Waals surface area contributed by atoms with Gasteiger partial charge in [0.05, 0.1) is 11.8 Å². The highest BCUT2D eigenvalue weighted by molar-refractivity contribution is 5.82. The summed E-state index contributed by atoms with van der Waals surface area (Å²) >= 11 is 0. The van der Waals surface area contributed by atoms with E-state index in [-0.39, 0.29) is 44.0 Å². The van der Waals surface area contributed by atoms with Gasteiger partial charge in [0, 0.05) is 27.4 Å². The summed E-state index contributed by atoms with van der Waals surface area (Å²) in [6.07, 6.45) is 1.29. The minimum Gasteiger partial charge on any atom is -0.492 e. The van der Waals surface area contributed by atoms with Gasteiger partial charge < -0.3 is 40.6 Å². The molecule has 2 rings (SSSR count). The number of esters is 3. The van der Waals surface area contributed by atoms with E-state index in [1.54, 1.807) is 30.7 Å². The van der Waals surface area contributed by atoms with Crippen LogP contribution in [0.4, 0.5) is 0 Å². The van der Waals surface area contributed by atoms with E-state index in [2.05, 4.69) is 9.98 Å². The first kappa shape index (κ1) is 26.9. The van der Waals surface area contributed by atoms with Crippen molar-refractivity contribution in [2.45, 2.75) is 46.3 Å². The molecule has 0 fully saturated rings. The fourth-order valence-corrected chi connectivity index (χ4v) is 3.36. The van der Waals surface area contributed by atoms with E-state index in [0.717, 1.165) is 0 Å². The van der Waals surface area contributed by atoms with Crippen LogP contribution in [0.3, 0.4) is 0 Å². The van der Waals surface area contributed by atoms with E-state index >= 15 is 0 Å². The Kier molecular flexibility index (Phi) is 8.85. The second-order valence-corrected chi connectivity index (χ2v) is 8.83. The van der Waals surface area contributed by atoms with Crippen LogP contribution in [-0.4, -0.2) is 90.7 Å². The summed E-state index contributed by atoms with van der Waals surface area (Å²) < 4.78 is 16.0. The minimum atomic E-state index is -1.06. The Hall–Kier alpha value is -3.35. The number of aliphatic hydroxyl groups excluding tert-OH is 1. The predicted octanol–water partition coefficient (Wildman–Crippen LogP) is -0.327. The second kappa shape index (κ2) is 11.2. The van der Waals surface area contributed by atoms with E-state index < -0.39 is 35.5 Å². The maximum Gasteiger partial charge on any atom is 0.323 e. The number of aliphatic imine (C=N–C) groups is 2. The summed E-state index contributed by atoms with van der Waals surface area (Å²) in [6.45, 7) is 5.87. The highest BCUT2D eigenvalue weighted by Gasteiger charge is 2.40. The number of carbonyl (C=O) groups is 3. The zero-order valence-electron chi connectivity index (χ0n) is 20.2. The fourth-order valence-electron chi connectivity index (χ4n) is 3.36. The molecular formula is C21H34N6O7. The summed E-state index contributed by atoms with van der Waals surface area (Å²) in [5.41, 5.74) is 11.0. The van der Waals surface area contributed by atoms with Gasteiger partial charge in [0.25, 0.3) is 0 Å².